The van der Waals surface area contributed by atoms with E-state index in [1.807, 2.05) is 25.2 Å². The molecule has 1 fully saturated rings. The molecule has 1 aromatic heterocycles. The summed E-state index contributed by atoms with van der Waals surface area (Å²) in [6.07, 6.45) is 5.96. The van der Waals surface area contributed by atoms with Crippen molar-refractivity contribution in [2.45, 2.75) is 25.3 Å². The summed E-state index contributed by atoms with van der Waals surface area (Å²) < 4.78 is 0. The van der Waals surface area contributed by atoms with Gasteiger partial charge in [0.1, 0.15) is 5.82 Å². The van der Waals surface area contributed by atoms with E-state index in [9.17, 15) is 0 Å². The third kappa shape index (κ3) is 2.35. The molecule has 3 nitrogen and oxygen atoms in total. The van der Waals surface area contributed by atoms with Crippen LogP contribution in [0.15, 0.2) is 18.3 Å². The van der Waals surface area contributed by atoms with E-state index in [0.29, 0.717) is 6.04 Å². The summed E-state index contributed by atoms with van der Waals surface area (Å²) in [6, 6.07) is 4.89. The van der Waals surface area contributed by atoms with Crippen LogP contribution in [0.4, 0.5) is 5.82 Å². The minimum absolute atomic E-state index is 0.567. The van der Waals surface area contributed by atoms with Gasteiger partial charge in [-0.1, -0.05) is 12.5 Å². The van der Waals surface area contributed by atoms with E-state index in [4.69, 9.17) is 0 Å². The molecule has 0 radical (unpaired) electrons. The minimum Gasteiger partial charge on any atom is -0.363 e. The van der Waals surface area contributed by atoms with E-state index >= 15 is 0 Å². The minimum atomic E-state index is 0.567. The monoisotopic (exact) mass is 219 g/mol. The molecule has 1 aliphatic heterocycles. The molecule has 3 heteroatoms. The van der Waals surface area contributed by atoms with Gasteiger partial charge in [0.25, 0.3) is 0 Å². The van der Waals surface area contributed by atoms with Gasteiger partial charge in [-0.15, -0.1) is 0 Å². The van der Waals surface area contributed by atoms with Crippen molar-refractivity contribution >= 4 is 5.82 Å². The standard InChI is InChI=1S/C13H21N3/c1-15(2)13-8-7-11(10-14-13)12-6-4-5-9-16(12)3/h7-8,10,12H,4-6,9H2,1-3H3/t12-/m1/s1. The fraction of sp³-hybridized carbons (Fsp3) is 0.615. The van der Waals surface area contributed by atoms with Crippen LogP contribution < -0.4 is 4.90 Å². The number of pyridine rings is 1. The summed E-state index contributed by atoms with van der Waals surface area (Å²) in [5.74, 6) is 1.03. The normalized spacial score (nSPS) is 22.1. The Hall–Kier alpha value is -1.09. The maximum Gasteiger partial charge on any atom is 0.127 e. The zero-order valence-corrected chi connectivity index (χ0v) is 10.5. The van der Waals surface area contributed by atoms with Gasteiger partial charge in [0, 0.05) is 26.3 Å². The van der Waals surface area contributed by atoms with Crippen molar-refractivity contribution in [2.75, 3.05) is 32.6 Å². The maximum atomic E-state index is 4.49. The van der Waals surface area contributed by atoms with Crippen molar-refractivity contribution in [3.05, 3.63) is 23.9 Å². The van der Waals surface area contributed by atoms with E-state index in [1.165, 1.54) is 31.4 Å². The first-order valence-corrected chi connectivity index (χ1v) is 6.02. The highest BCUT2D eigenvalue weighted by molar-refractivity contribution is 5.37. The van der Waals surface area contributed by atoms with Crippen molar-refractivity contribution in [2.24, 2.45) is 0 Å². The number of piperidine rings is 1. The molecule has 88 valence electrons. The van der Waals surface area contributed by atoms with Gasteiger partial charge >= 0.3 is 0 Å². The predicted octanol–water partition coefficient (Wildman–Crippen LogP) is 2.30. The summed E-state index contributed by atoms with van der Waals surface area (Å²) in [4.78, 5) is 8.96. The van der Waals surface area contributed by atoms with Crippen LogP contribution in [0, 0.1) is 0 Å². The second kappa shape index (κ2) is 4.83. The van der Waals surface area contributed by atoms with Gasteiger partial charge in [-0.2, -0.15) is 0 Å². The Morgan fingerprint density at radius 1 is 1.31 bits per heavy atom. The molecular weight excluding hydrogens is 198 g/mol. The third-order valence-corrected chi connectivity index (χ3v) is 3.38. The van der Waals surface area contributed by atoms with E-state index in [2.05, 4.69) is 29.1 Å². The van der Waals surface area contributed by atoms with Crippen molar-refractivity contribution < 1.29 is 0 Å². The lowest BCUT2D eigenvalue weighted by Crippen LogP contribution is -2.29. The number of hydrogen-bond acceptors (Lipinski definition) is 3. The molecule has 1 saturated heterocycles. The quantitative estimate of drug-likeness (QED) is 0.761. The second-order valence-corrected chi connectivity index (χ2v) is 4.84. The van der Waals surface area contributed by atoms with Gasteiger partial charge in [0.2, 0.25) is 0 Å². The van der Waals surface area contributed by atoms with Gasteiger partial charge in [-0.05, 0) is 38.1 Å². The van der Waals surface area contributed by atoms with E-state index < -0.39 is 0 Å². The van der Waals surface area contributed by atoms with Crippen LogP contribution in [0.3, 0.4) is 0 Å². The van der Waals surface area contributed by atoms with Crippen LogP contribution >= 0.6 is 0 Å². The Bertz CT molecular complexity index is 332. The van der Waals surface area contributed by atoms with Crippen LogP contribution in [0.1, 0.15) is 30.9 Å². The van der Waals surface area contributed by atoms with Crippen molar-refractivity contribution in [1.29, 1.82) is 0 Å². The third-order valence-electron chi connectivity index (χ3n) is 3.38. The van der Waals surface area contributed by atoms with Gasteiger partial charge in [0.05, 0.1) is 0 Å². The first kappa shape index (κ1) is 11.4. The average molecular weight is 219 g/mol. The molecule has 0 saturated carbocycles. The largest absolute Gasteiger partial charge is 0.363 e. The Balaban J connectivity index is 2.14. The van der Waals surface area contributed by atoms with Crippen LogP contribution in [0.2, 0.25) is 0 Å². The molecule has 2 rings (SSSR count). The van der Waals surface area contributed by atoms with Crippen molar-refractivity contribution in [3.8, 4) is 0 Å². The molecule has 1 aliphatic rings. The fourth-order valence-corrected chi connectivity index (χ4v) is 2.36. The lowest BCUT2D eigenvalue weighted by Gasteiger charge is -2.32. The van der Waals surface area contributed by atoms with Gasteiger partial charge in [-0.25, -0.2) is 4.98 Å². The summed E-state index contributed by atoms with van der Waals surface area (Å²) in [5, 5.41) is 0. The Kier molecular flexibility index (Phi) is 3.44. The first-order valence-electron chi connectivity index (χ1n) is 6.02. The molecule has 0 aromatic carbocycles. The molecule has 1 atom stereocenters. The SMILES string of the molecule is CN(C)c1ccc([C@H]2CCCCN2C)cn1. The number of hydrogen-bond donors (Lipinski definition) is 0. The van der Waals surface area contributed by atoms with Gasteiger partial charge in [-0.3, -0.25) is 4.90 Å². The molecule has 0 N–H and O–H groups in total. The maximum absolute atomic E-state index is 4.49. The Labute approximate surface area is 98.1 Å². The lowest BCUT2D eigenvalue weighted by atomic mass is 9.97. The molecule has 0 aliphatic carbocycles. The van der Waals surface area contributed by atoms with Crippen LogP contribution in [-0.2, 0) is 0 Å². The number of nitrogens with zero attached hydrogens (tertiary/aromatic N) is 3. The molecule has 0 unspecified atom stereocenters. The molecule has 2 heterocycles. The van der Waals surface area contributed by atoms with E-state index in [-0.39, 0.29) is 0 Å². The summed E-state index contributed by atoms with van der Waals surface area (Å²) >= 11 is 0. The Morgan fingerprint density at radius 3 is 2.69 bits per heavy atom. The molecule has 0 bridgehead atoms. The zero-order valence-electron chi connectivity index (χ0n) is 10.5. The molecule has 1 aromatic rings. The molecular formula is C13H21N3. The summed E-state index contributed by atoms with van der Waals surface area (Å²) in [6.45, 7) is 1.21. The molecule has 0 amide bonds. The number of anilines is 1. The number of aromatic nitrogens is 1. The van der Waals surface area contributed by atoms with Crippen LogP contribution in [-0.4, -0.2) is 37.6 Å². The van der Waals surface area contributed by atoms with Crippen molar-refractivity contribution in [1.82, 2.24) is 9.88 Å². The average Bonchev–Trinajstić information content (AvgIpc) is 2.30. The van der Waals surface area contributed by atoms with Crippen molar-refractivity contribution in [3.63, 3.8) is 0 Å². The highest BCUT2D eigenvalue weighted by Crippen LogP contribution is 2.29. The molecule has 0 spiro atoms. The fourth-order valence-electron chi connectivity index (χ4n) is 2.36. The number of likely N-dealkylation sites (tertiary alicyclic amines) is 1. The smallest absolute Gasteiger partial charge is 0.127 e. The highest BCUT2D eigenvalue weighted by Gasteiger charge is 2.20. The topological polar surface area (TPSA) is 19.4 Å². The van der Waals surface area contributed by atoms with Crippen LogP contribution in [0.25, 0.3) is 0 Å². The van der Waals surface area contributed by atoms with Gasteiger partial charge < -0.3 is 4.90 Å². The highest BCUT2D eigenvalue weighted by atomic mass is 15.1. The van der Waals surface area contributed by atoms with E-state index in [1.54, 1.807) is 0 Å². The Morgan fingerprint density at radius 2 is 2.12 bits per heavy atom. The van der Waals surface area contributed by atoms with Gasteiger partial charge in [0.15, 0.2) is 0 Å². The molecule has 16 heavy (non-hydrogen) atoms. The first-order chi connectivity index (χ1) is 7.68. The number of rotatable bonds is 2. The summed E-state index contributed by atoms with van der Waals surface area (Å²) in [7, 11) is 6.26. The van der Waals surface area contributed by atoms with Crippen LogP contribution in [0.5, 0.6) is 0 Å². The second-order valence-electron chi connectivity index (χ2n) is 4.84. The lowest BCUT2D eigenvalue weighted by molar-refractivity contribution is 0.187. The summed E-state index contributed by atoms with van der Waals surface area (Å²) in [5.41, 5.74) is 1.35. The predicted molar refractivity (Wildman–Crippen MR) is 67.8 cm³/mol. The zero-order chi connectivity index (χ0) is 11.5. The van der Waals surface area contributed by atoms with E-state index in [0.717, 1.165) is 5.82 Å².